The maximum absolute atomic E-state index is 13.6. The first-order chi connectivity index (χ1) is 16.5. The highest BCUT2D eigenvalue weighted by Gasteiger charge is 2.34. The van der Waals surface area contributed by atoms with Gasteiger partial charge in [0.15, 0.2) is 0 Å². The molecule has 3 aromatic rings. The summed E-state index contributed by atoms with van der Waals surface area (Å²) in [5.41, 5.74) is 3.39. The van der Waals surface area contributed by atoms with Crippen molar-refractivity contribution in [2.24, 2.45) is 5.92 Å². The zero-order chi connectivity index (χ0) is 24.1. The number of amides is 1. The Morgan fingerprint density at radius 3 is 2.68 bits per heavy atom. The predicted octanol–water partition coefficient (Wildman–Crippen LogP) is 3.50. The number of rotatable bonds is 7. The molecular weight excluding hydrogens is 428 g/mol. The van der Waals surface area contributed by atoms with Gasteiger partial charge in [-0.3, -0.25) is 14.7 Å². The minimum atomic E-state index is -0.310. The zero-order valence-electron chi connectivity index (χ0n) is 20.0. The lowest BCUT2D eigenvalue weighted by molar-refractivity contribution is 0.0325. The minimum Gasteiger partial charge on any atom is -0.472 e. The van der Waals surface area contributed by atoms with Crippen LogP contribution in [0, 0.1) is 5.92 Å². The van der Waals surface area contributed by atoms with Crippen molar-refractivity contribution in [3.63, 3.8) is 0 Å². The van der Waals surface area contributed by atoms with Gasteiger partial charge in [-0.15, -0.1) is 0 Å². The largest absolute Gasteiger partial charge is 0.472 e. The summed E-state index contributed by atoms with van der Waals surface area (Å²) in [5.74, 6) is 0.208. The molecule has 1 N–H and O–H groups in total. The Kier molecular flexibility index (Phi) is 7.55. The predicted molar refractivity (Wildman–Crippen MR) is 131 cm³/mol. The van der Waals surface area contributed by atoms with Crippen LogP contribution < -0.4 is 4.74 Å². The number of aliphatic hydroxyl groups is 1. The van der Waals surface area contributed by atoms with E-state index in [4.69, 9.17) is 4.74 Å². The summed E-state index contributed by atoms with van der Waals surface area (Å²) in [6.45, 7) is 5.73. The normalized spacial score (nSPS) is 19.2. The van der Waals surface area contributed by atoms with Crippen molar-refractivity contribution in [3.8, 4) is 17.0 Å². The van der Waals surface area contributed by atoms with E-state index in [0.29, 0.717) is 24.5 Å². The van der Waals surface area contributed by atoms with E-state index < -0.39 is 0 Å². The second-order valence-electron chi connectivity index (χ2n) is 9.12. The number of nitrogens with zero attached hydrogens (tertiary/aromatic N) is 4. The van der Waals surface area contributed by atoms with Crippen molar-refractivity contribution in [3.05, 3.63) is 78.2 Å². The van der Waals surface area contributed by atoms with E-state index in [9.17, 15) is 9.90 Å². The standard InChI is InChI=1S/C27H32N4O3/c1-19-15-31(20(2)18-32)27(33)24-12-23(22-9-5-4-6-10-22)14-29-26(24)34-25(19)17-30(3)16-21-8-7-11-28-13-21/h4-14,19-20,25,32H,15-18H2,1-3H3/t19-,20-,25+/m0/s1. The zero-order valence-corrected chi connectivity index (χ0v) is 20.0. The molecule has 1 amide bonds. The third-order valence-corrected chi connectivity index (χ3v) is 6.30. The van der Waals surface area contributed by atoms with Crippen LogP contribution >= 0.6 is 0 Å². The number of aromatic nitrogens is 2. The molecule has 7 nitrogen and oxygen atoms in total. The van der Waals surface area contributed by atoms with E-state index in [2.05, 4.69) is 27.9 Å². The summed E-state index contributed by atoms with van der Waals surface area (Å²) in [5, 5.41) is 9.85. The maximum atomic E-state index is 13.6. The van der Waals surface area contributed by atoms with E-state index >= 15 is 0 Å². The summed E-state index contributed by atoms with van der Waals surface area (Å²) in [6.07, 6.45) is 5.20. The second kappa shape index (κ2) is 10.8. The van der Waals surface area contributed by atoms with Crippen molar-refractivity contribution in [2.75, 3.05) is 26.7 Å². The number of hydrogen-bond acceptors (Lipinski definition) is 6. The van der Waals surface area contributed by atoms with Crippen LogP contribution in [-0.2, 0) is 6.54 Å². The van der Waals surface area contributed by atoms with E-state index in [0.717, 1.165) is 23.2 Å². The Labute approximate surface area is 201 Å². The third kappa shape index (κ3) is 5.43. The van der Waals surface area contributed by atoms with Crippen LogP contribution in [0.1, 0.15) is 29.8 Å². The van der Waals surface area contributed by atoms with E-state index in [1.807, 2.05) is 62.6 Å². The van der Waals surface area contributed by atoms with E-state index in [-0.39, 0.29) is 30.6 Å². The fourth-order valence-corrected chi connectivity index (χ4v) is 4.28. The van der Waals surface area contributed by atoms with Crippen molar-refractivity contribution in [1.82, 2.24) is 19.8 Å². The SMILES string of the molecule is C[C@H]1CN([C@@H](C)CO)C(=O)c2cc(-c3ccccc3)cnc2O[C@@H]1CN(C)Cc1cccnc1. The lowest BCUT2D eigenvalue weighted by Crippen LogP contribution is -2.49. The number of fused-ring (bicyclic) bond motifs is 1. The fraction of sp³-hybridized carbons (Fsp3) is 0.370. The van der Waals surface area contributed by atoms with Crippen LogP contribution in [0.15, 0.2) is 67.1 Å². The maximum Gasteiger partial charge on any atom is 0.259 e. The average molecular weight is 461 g/mol. The Bertz CT molecular complexity index is 1090. The van der Waals surface area contributed by atoms with Gasteiger partial charge in [0.25, 0.3) is 5.91 Å². The molecule has 0 radical (unpaired) electrons. The Hall–Kier alpha value is -3.29. The van der Waals surface area contributed by atoms with Gasteiger partial charge in [0.05, 0.1) is 12.6 Å². The molecule has 0 unspecified atom stereocenters. The number of carbonyl (C=O) groups excluding carboxylic acids is 1. The molecule has 3 heterocycles. The van der Waals surface area contributed by atoms with Crippen LogP contribution in [0.25, 0.3) is 11.1 Å². The molecule has 0 bridgehead atoms. The summed E-state index contributed by atoms with van der Waals surface area (Å²) in [6, 6.07) is 15.4. The molecule has 0 saturated heterocycles. The Balaban J connectivity index is 1.65. The summed E-state index contributed by atoms with van der Waals surface area (Å²) in [4.78, 5) is 26.3. The number of ether oxygens (including phenoxy) is 1. The molecule has 1 aliphatic rings. The highest BCUT2D eigenvalue weighted by atomic mass is 16.5. The first-order valence-electron chi connectivity index (χ1n) is 11.7. The molecule has 4 rings (SSSR count). The van der Waals surface area contributed by atoms with Crippen LogP contribution in [0.4, 0.5) is 0 Å². The average Bonchev–Trinajstić information content (AvgIpc) is 2.86. The third-order valence-electron chi connectivity index (χ3n) is 6.30. The topological polar surface area (TPSA) is 78.8 Å². The van der Waals surface area contributed by atoms with Crippen LogP contribution in [-0.4, -0.2) is 69.7 Å². The second-order valence-corrected chi connectivity index (χ2v) is 9.12. The van der Waals surface area contributed by atoms with Gasteiger partial charge in [0.1, 0.15) is 11.7 Å². The van der Waals surface area contributed by atoms with Gasteiger partial charge in [0, 0.05) is 49.7 Å². The molecular formula is C27H32N4O3. The summed E-state index contributed by atoms with van der Waals surface area (Å²) >= 11 is 0. The molecule has 3 atom stereocenters. The first kappa shape index (κ1) is 23.9. The van der Waals surface area contributed by atoms with Gasteiger partial charge in [-0.25, -0.2) is 4.98 Å². The molecule has 0 fully saturated rings. The number of aliphatic hydroxyl groups excluding tert-OH is 1. The van der Waals surface area contributed by atoms with Gasteiger partial charge in [-0.1, -0.05) is 43.3 Å². The number of carbonyl (C=O) groups is 1. The smallest absolute Gasteiger partial charge is 0.259 e. The van der Waals surface area contributed by atoms with Crippen molar-refractivity contribution >= 4 is 5.91 Å². The number of pyridine rings is 2. The Morgan fingerprint density at radius 2 is 1.97 bits per heavy atom. The molecule has 0 spiro atoms. The van der Waals surface area contributed by atoms with Gasteiger partial charge in [-0.05, 0) is 37.2 Å². The molecule has 34 heavy (non-hydrogen) atoms. The quantitative estimate of drug-likeness (QED) is 0.582. The lowest BCUT2D eigenvalue weighted by Gasteiger charge is -2.37. The van der Waals surface area contributed by atoms with Gasteiger partial charge < -0.3 is 14.7 Å². The van der Waals surface area contributed by atoms with Crippen molar-refractivity contribution in [1.29, 1.82) is 0 Å². The fourth-order valence-electron chi connectivity index (χ4n) is 4.28. The molecule has 0 aliphatic carbocycles. The van der Waals surface area contributed by atoms with Crippen LogP contribution in [0.2, 0.25) is 0 Å². The van der Waals surface area contributed by atoms with E-state index in [1.54, 1.807) is 17.3 Å². The van der Waals surface area contributed by atoms with Crippen LogP contribution in [0.5, 0.6) is 5.88 Å². The van der Waals surface area contributed by atoms with Gasteiger partial charge >= 0.3 is 0 Å². The monoisotopic (exact) mass is 460 g/mol. The highest BCUT2D eigenvalue weighted by Crippen LogP contribution is 2.30. The Morgan fingerprint density at radius 1 is 1.18 bits per heavy atom. The van der Waals surface area contributed by atoms with Crippen LogP contribution in [0.3, 0.4) is 0 Å². The summed E-state index contributed by atoms with van der Waals surface area (Å²) < 4.78 is 6.40. The molecule has 1 aliphatic heterocycles. The molecule has 2 aromatic heterocycles. The van der Waals surface area contributed by atoms with Crippen molar-refractivity contribution in [2.45, 2.75) is 32.5 Å². The molecule has 178 valence electrons. The minimum absolute atomic E-state index is 0.0399. The molecule has 0 saturated carbocycles. The number of benzene rings is 1. The molecule has 7 heteroatoms. The van der Waals surface area contributed by atoms with Gasteiger partial charge in [-0.2, -0.15) is 0 Å². The summed E-state index contributed by atoms with van der Waals surface area (Å²) in [7, 11) is 2.05. The highest BCUT2D eigenvalue weighted by molar-refractivity contribution is 5.98. The molecule has 1 aromatic carbocycles. The van der Waals surface area contributed by atoms with Crippen molar-refractivity contribution < 1.29 is 14.6 Å². The lowest BCUT2D eigenvalue weighted by atomic mass is 9.99. The van der Waals surface area contributed by atoms with Gasteiger partial charge in [0.2, 0.25) is 5.88 Å². The number of likely N-dealkylation sites (N-methyl/N-ethyl adjacent to an activating group) is 1. The number of hydrogen-bond donors (Lipinski definition) is 1. The first-order valence-corrected chi connectivity index (χ1v) is 11.7. The van der Waals surface area contributed by atoms with E-state index in [1.165, 1.54) is 0 Å².